The van der Waals surface area contributed by atoms with E-state index in [1.807, 2.05) is 24.3 Å². The monoisotopic (exact) mass is 378 g/mol. The molecule has 144 valence electrons. The van der Waals surface area contributed by atoms with Gasteiger partial charge in [-0.15, -0.1) is 0 Å². The van der Waals surface area contributed by atoms with Crippen molar-refractivity contribution in [2.24, 2.45) is 5.11 Å². The molecule has 28 heavy (non-hydrogen) atoms. The number of aromatic carboxylic acids is 1. The Morgan fingerprint density at radius 2 is 1.93 bits per heavy atom. The van der Waals surface area contributed by atoms with Gasteiger partial charge < -0.3 is 10.4 Å². The molecule has 2 N–H and O–H groups in total. The van der Waals surface area contributed by atoms with Crippen LogP contribution in [0.2, 0.25) is 0 Å². The number of hydrogen-bond donors (Lipinski definition) is 2. The summed E-state index contributed by atoms with van der Waals surface area (Å²) in [5, 5.41) is 15.2. The van der Waals surface area contributed by atoms with Crippen LogP contribution in [-0.4, -0.2) is 17.0 Å². The molecule has 0 aliphatic rings. The minimum atomic E-state index is -1.19. The van der Waals surface area contributed by atoms with Crippen LogP contribution in [-0.2, 0) is 11.2 Å². The van der Waals surface area contributed by atoms with E-state index in [0.717, 1.165) is 18.4 Å². The minimum absolute atomic E-state index is 0.0679. The molecule has 2 rings (SSSR count). The number of carboxylic acids is 1. The van der Waals surface area contributed by atoms with Gasteiger partial charge in [-0.05, 0) is 47.7 Å². The van der Waals surface area contributed by atoms with Gasteiger partial charge in [0.25, 0.3) is 0 Å². The van der Waals surface area contributed by atoms with Crippen LogP contribution in [0, 0.1) is 0 Å². The average molecular weight is 378 g/mol. The summed E-state index contributed by atoms with van der Waals surface area (Å²) >= 11 is 0. The molecule has 0 atom stereocenters. The van der Waals surface area contributed by atoms with E-state index in [1.54, 1.807) is 6.08 Å². The summed E-state index contributed by atoms with van der Waals surface area (Å²) in [6, 6.07) is 11.9. The van der Waals surface area contributed by atoms with Gasteiger partial charge in [0.15, 0.2) is 0 Å². The van der Waals surface area contributed by atoms with Crippen molar-refractivity contribution in [2.75, 3.05) is 5.32 Å². The summed E-state index contributed by atoms with van der Waals surface area (Å²) in [5.41, 5.74) is 10.8. The molecule has 0 aromatic heterocycles. The molecule has 1 amide bonds. The maximum Gasteiger partial charge on any atom is 0.337 e. The number of carboxylic acid groups (broad SMARTS) is 1. The highest BCUT2D eigenvalue weighted by atomic mass is 16.4. The Morgan fingerprint density at radius 3 is 2.57 bits per heavy atom. The van der Waals surface area contributed by atoms with Gasteiger partial charge in [-0.1, -0.05) is 55.2 Å². The van der Waals surface area contributed by atoms with E-state index in [-0.39, 0.29) is 16.9 Å². The number of amides is 1. The molecule has 0 saturated heterocycles. The van der Waals surface area contributed by atoms with Gasteiger partial charge in [0, 0.05) is 16.7 Å². The third kappa shape index (κ3) is 6.30. The predicted octanol–water partition coefficient (Wildman–Crippen LogP) is 5.71. The Morgan fingerprint density at radius 1 is 1.18 bits per heavy atom. The molecule has 0 unspecified atom stereocenters. The predicted molar refractivity (Wildman–Crippen MR) is 110 cm³/mol. The summed E-state index contributed by atoms with van der Waals surface area (Å²) in [5.74, 6) is -1.67. The van der Waals surface area contributed by atoms with Gasteiger partial charge >= 0.3 is 5.97 Å². The van der Waals surface area contributed by atoms with E-state index in [2.05, 4.69) is 22.3 Å². The van der Waals surface area contributed by atoms with Crippen LogP contribution in [0.15, 0.2) is 53.7 Å². The van der Waals surface area contributed by atoms with Crippen molar-refractivity contribution in [1.82, 2.24) is 0 Å². The number of aryl methyl sites for hydroxylation is 1. The second-order valence-corrected chi connectivity index (χ2v) is 6.25. The molecule has 0 bridgehead atoms. The van der Waals surface area contributed by atoms with E-state index in [4.69, 9.17) is 5.53 Å². The SMILES string of the molecule is CCCCCc1ccc(/C=C/C(=O)Nc2cc(N=[N+]=[N-])ccc2C(=O)O)cc1. The fourth-order valence-electron chi connectivity index (χ4n) is 2.66. The first-order valence-electron chi connectivity index (χ1n) is 9.04. The minimum Gasteiger partial charge on any atom is -0.478 e. The van der Waals surface area contributed by atoms with Crippen molar-refractivity contribution >= 4 is 29.3 Å². The van der Waals surface area contributed by atoms with Crippen molar-refractivity contribution in [3.8, 4) is 0 Å². The molecule has 7 nitrogen and oxygen atoms in total. The maximum absolute atomic E-state index is 12.2. The molecule has 0 radical (unpaired) electrons. The summed E-state index contributed by atoms with van der Waals surface area (Å²) in [6.07, 6.45) is 7.58. The lowest BCUT2D eigenvalue weighted by atomic mass is 10.1. The number of anilines is 1. The van der Waals surface area contributed by atoms with E-state index >= 15 is 0 Å². The first-order valence-corrected chi connectivity index (χ1v) is 9.04. The number of carbonyl (C=O) groups is 2. The van der Waals surface area contributed by atoms with Crippen molar-refractivity contribution < 1.29 is 14.7 Å². The molecular weight excluding hydrogens is 356 g/mol. The Balaban J connectivity index is 2.06. The van der Waals surface area contributed by atoms with Gasteiger partial charge in [-0.2, -0.15) is 0 Å². The highest BCUT2D eigenvalue weighted by Gasteiger charge is 2.12. The molecule has 2 aromatic rings. The van der Waals surface area contributed by atoms with Gasteiger partial charge in [0.2, 0.25) is 5.91 Å². The number of rotatable bonds is 9. The van der Waals surface area contributed by atoms with E-state index in [0.29, 0.717) is 0 Å². The Bertz CT molecular complexity index is 914. The van der Waals surface area contributed by atoms with Crippen LogP contribution >= 0.6 is 0 Å². The highest BCUT2D eigenvalue weighted by molar-refractivity contribution is 6.06. The zero-order valence-electron chi connectivity index (χ0n) is 15.6. The fraction of sp³-hybridized carbons (Fsp3) is 0.238. The molecule has 2 aromatic carbocycles. The van der Waals surface area contributed by atoms with Crippen LogP contribution in [0.3, 0.4) is 0 Å². The number of benzene rings is 2. The Labute approximate surface area is 163 Å². The lowest BCUT2D eigenvalue weighted by molar-refractivity contribution is -0.111. The molecule has 0 saturated carbocycles. The number of nitrogens with zero attached hydrogens (tertiary/aromatic N) is 3. The van der Waals surface area contributed by atoms with Crippen molar-refractivity contribution in [3.63, 3.8) is 0 Å². The van der Waals surface area contributed by atoms with E-state index in [1.165, 1.54) is 42.7 Å². The van der Waals surface area contributed by atoms with Crippen molar-refractivity contribution in [1.29, 1.82) is 0 Å². The number of unbranched alkanes of at least 4 members (excludes halogenated alkanes) is 2. The van der Waals surface area contributed by atoms with Crippen molar-refractivity contribution in [2.45, 2.75) is 32.6 Å². The lowest BCUT2D eigenvalue weighted by Gasteiger charge is -2.07. The summed E-state index contributed by atoms with van der Waals surface area (Å²) in [7, 11) is 0. The third-order valence-corrected chi connectivity index (χ3v) is 4.13. The fourth-order valence-corrected chi connectivity index (χ4v) is 2.66. The summed E-state index contributed by atoms with van der Waals surface area (Å²) in [6.45, 7) is 2.17. The number of nitrogens with one attached hydrogen (secondary N) is 1. The molecule has 0 heterocycles. The molecular formula is C21H22N4O3. The van der Waals surface area contributed by atoms with E-state index in [9.17, 15) is 14.7 Å². The topological polar surface area (TPSA) is 115 Å². The van der Waals surface area contributed by atoms with Crippen LogP contribution in [0.1, 0.15) is 47.7 Å². The number of hydrogen-bond acceptors (Lipinski definition) is 3. The normalized spacial score (nSPS) is 10.5. The summed E-state index contributed by atoms with van der Waals surface area (Å²) < 4.78 is 0. The molecule has 0 aliphatic carbocycles. The van der Waals surface area contributed by atoms with Crippen molar-refractivity contribution in [3.05, 3.63) is 75.7 Å². The van der Waals surface area contributed by atoms with Crippen LogP contribution in [0.4, 0.5) is 11.4 Å². The number of azide groups is 1. The Hall–Kier alpha value is -3.57. The van der Waals surface area contributed by atoms with Gasteiger partial charge in [-0.25, -0.2) is 4.79 Å². The molecule has 0 fully saturated rings. The third-order valence-electron chi connectivity index (χ3n) is 4.13. The molecule has 0 aliphatic heterocycles. The van der Waals surface area contributed by atoms with Crippen LogP contribution in [0.5, 0.6) is 0 Å². The first-order chi connectivity index (χ1) is 13.5. The lowest BCUT2D eigenvalue weighted by Crippen LogP contribution is -2.11. The standard InChI is InChI=1S/C21H22N4O3/c1-2-3-4-5-15-6-8-16(9-7-15)10-13-20(26)23-19-14-17(24-25-22)11-12-18(19)21(27)28/h6-14H,2-5H2,1H3,(H,23,26)(H,27,28)/b13-10+. The zero-order chi connectivity index (χ0) is 20.4. The van der Waals surface area contributed by atoms with Crippen LogP contribution < -0.4 is 5.32 Å². The second-order valence-electron chi connectivity index (χ2n) is 6.25. The second kappa shape index (κ2) is 10.5. The van der Waals surface area contributed by atoms with Crippen LogP contribution in [0.25, 0.3) is 16.5 Å². The quantitative estimate of drug-likeness (QED) is 0.191. The average Bonchev–Trinajstić information content (AvgIpc) is 2.68. The molecule has 7 heteroatoms. The molecule has 0 spiro atoms. The highest BCUT2D eigenvalue weighted by Crippen LogP contribution is 2.23. The Kier molecular flexibility index (Phi) is 7.81. The van der Waals surface area contributed by atoms with Gasteiger partial charge in [0.1, 0.15) is 0 Å². The largest absolute Gasteiger partial charge is 0.478 e. The smallest absolute Gasteiger partial charge is 0.337 e. The zero-order valence-corrected chi connectivity index (χ0v) is 15.6. The van der Waals surface area contributed by atoms with Gasteiger partial charge in [-0.3, -0.25) is 4.79 Å². The van der Waals surface area contributed by atoms with Gasteiger partial charge in [0.05, 0.1) is 11.3 Å². The maximum atomic E-state index is 12.2. The summed E-state index contributed by atoms with van der Waals surface area (Å²) in [4.78, 5) is 26.1. The first kappa shape index (κ1) is 20.7. The van der Waals surface area contributed by atoms with E-state index < -0.39 is 11.9 Å². The number of carbonyl (C=O) groups excluding carboxylic acids is 1.